The summed E-state index contributed by atoms with van der Waals surface area (Å²) in [6.07, 6.45) is 4.76. The summed E-state index contributed by atoms with van der Waals surface area (Å²) >= 11 is 0. The number of hydrogen-bond acceptors (Lipinski definition) is 3. The van der Waals surface area contributed by atoms with Gasteiger partial charge in [0.1, 0.15) is 0 Å². The van der Waals surface area contributed by atoms with Crippen LogP contribution >= 0.6 is 0 Å². The van der Waals surface area contributed by atoms with Gasteiger partial charge in [-0.1, -0.05) is 12.1 Å². The van der Waals surface area contributed by atoms with E-state index in [1.807, 2.05) is 4.90 Å². The first-order valence-electron chi connectivity index (χ1n) is 9.81. The van der Waals surface area contributed by atoms with Crippen LogP contribution in [0.1, 0.15) is 37.7 Å². The molecule has 1 aromatic rings. The topological polar surface area (TPSA) is 60.9 Å². The lowest BCUT2D eigenvalue weighted by Gasteiger charge is -2.40. The van der Waals surface area contributed by atoms with E-state index in [4.69, 9.17) is 0 Å². The second-order valence-electron chi connectivity index (χ2n) is 8.45. The number of carbonyl (C=O) groups excluding carboxylic acids is 1. The largest absolute Gasteiger partial charge is 0.481 e. The Balaban J connectivity index is 1.39. The average molecular weight is 356 g/mol. The Morgan fingerprint density at radius 1 is 1.08 bits per heavy atom. The van der Waals surface area contributed by atoms with Crippen molar-refractivity contribution < 1.29 is 14.7 Å². The Morgan fingerprint density at radius 3 is 2.42 bits per heavy atom. The number of aliphatic carboxylic acids is 1. The number of rotatable bonds is 3. The summed E-state index contributed by atoms with van der Waals surface area (Å²) in [7, 11) is 0. The normalized spacial score (nSPS) is 27.4. The van der Waals surface area contributed by atoms with Crippen LogP contribution in [0.25, 0.3) is 0 Å². The molecule has 0 radical (unpaired) electrons. The third-order valence-corrected chi connectivity index (χ3v) is 6.67. The molecule has 3 aliphatic rings. The van der Waals surface area contributed by atoms with Crippen LogP contribution in [0.3, 0.4) is 0 Å². The summed E-state index contributed by atoms with van der Waals surface area (Å²) in [6, 6.07) is 8.44. The second-order valence-corrected chi connectivity index (χ2v) is 8.45. The number of carbonyl (C=O) groups is 2. The van der Waals surface area contributed by atoms with Gasteiger partial charge in [0.15, 0.2) is 0 Å². The van der Waals surface area contributed by atoms with Gasteiger partial charge in [0, 0.05) is 31.9 Å². The molecule has 0 aromatic heterocycles. The fourth-order valence-corrected chi connectivity index (χ4v) is 4.80. The van der Waals surface area contributed by atoms with Gasteiger partial charge in [-0.15, -0.1) is 0 Å². The standard InChI is InChI=1S/C21H28N2O3/c1-15-3-2-4-16(13-15)22-9-11-23(12-10-22)19(24)17-5-6-21(7-8-21)14-18(17)20(25)26/h2-4,13,17-18H,5-12,14H2,1H3,(H,25,26). The SMILES string of the molecule is Cc1cccc(N2CCN(C(=O)C3CCC4(CC4)CC3C(=O)O)CC2)c1. The van der Waals surface area contributed by atoms with Crippen LogP contribution in [-0.4, -0.2) is 48.1 Å². The van der Waals surface area contributed by atoms with Crippen molar-refractivity contribution >= 4 is 17.6 Å². The molecule has 2 unspecified atom stereocenters. The third kappa shape index (κ3) is 3.31. The maximum absolute atomic E-state index is 13.0. The quantitative estimate of drug-likeness (QED) is 0.905. The molecular weight excluding hydrogens is 328 g/mol. The average Bonchev–Trinajstić information content (AvgIpc) is 3.40. The van der Waals surface area contributed by atoms with E-state index in [0.717, 1.165) is 38.8 Å². The molecule has 4 rings (SSSR count). The summed E-state index contributed by atoms with van der Waals surface area (Å²) in [5.41, 5.74) is 2.69. The van der Waals surface area contributed by atoms with Crippen molar-refractivity contribution in [1.82, 2.24) is 4.90 Å². The number of carboxylic acid groups (broad SMARTS) is 1. The first kappa shape index (κ1) is 17.4. The van der Waals surface area contributed by atoms with Crippen LogP contribution in [0.4, 0.5) is 5.69 Å². The van der Waals surface area contributed by atoms with Crippen molar-refractivity contribution in [2.75, 3.05) is 31.1 Å². The van der Waals surface area contributed by atoms with E-state index in [1.165, 1.54) is 11.3 Å². The van der Waals surface area contributed by atoms with E-state index < -0.39 is 11.9 Å². The lowest BCUT2D eigenvalue weighted by atomic mass is 9.71. The predicted octanol–water partition coefficient (Wildman–Crippen LogP) is 2.92. The minimum Gasteiger partial charge on any atom is -0.481 e. The fraction of sp³-hybridized carbons (Fsp3) is 0.619. The van der Waals surface area contributed by atoms with Crippen molar-refractivity contribution in [1.29, 1.82) is 0 Å². The van der Waals surface area contributed by atoms with E-state index >= 15 is 0 Å². The molecule has 5 heteroatoms. The van der Waals surface area contributed by atoms with Crippen LogP contribution in [0.5, 0.6) is 0 Å². The van der Waals surface area contributed by atoms with Gasteiger partial charge in [0.25, 0.3) is 0 Å². The molecule has 3 fully saturated rings. The summed E-state index contributed by atoms with van der Waals surface area (Å²) in [6.45, 7) is 5.07. The minimum atomic E-state index is -0.785. The number of aryl methyl sites for hydroxylation is 1. The molecule has 2 aliphatic carbocycles. The van der Waals surface area contributed by atoms with Crippen LogP contribution in [0.2, 0.25) is 0 Å². The van der Waals surface area contributed by atoms with Gasteiger partial charge < -0.3 is 14.9 Å². The summed E-state index contributed by atoms with van der Waals surface area (Å²) < 4.78 is 0. The van der Waals surface area contributed by atoms with Gasteiger partial charge in [0.2, 0.25) is 5.91 Å². The van der Waals surface area contributed by atoms with Crippen molar-refractivity contribution in [3.05, 3.63) is 29.8 Å². The molecule has 5 nitrogen and oxygen atoms in total. The smallest absolute Gasteiger partial charge is 0.307 e. The van der Waals surface area contributed by atoms with Gasteiger partial charge >= 0.3 is 5.97 Å². The summed E-state index contributed by atoms with van der Waals surface area (Å²) in [4.78, 5) is 29.0. The molecule has 26 heavy (non-hydrogen) atoms. The molecule has 1 aromatic carbocycles. The number of carboxylic acids is 1. The number of piperazine rings is 1. The van der Waals surface area contributed by atoms with Crippen LogP contribution in [-0.2, 0) is 9.59 Å². The highest BCUT2D eigenvalue weighted by Gasteiger charge is 2.52. The molecule has 2 saturated carbocycles. The third-order valence-electron chi connectivity index (χ3n) is 6.67. The molecule has 140 valence electrons. The van der Waals surface area contributed by atoms with Crippen LogP contribution < -0.4 is 4.90 Å². The van der Waals surface area contributed by atoms with E-state index in [9.17, 15) is 14.7 Å². The highest BCUT2D eigenvalue weighted by molar-refractivity contribution is 5.85. The van der Waals surface area contributed by atoms with Gasteiger partial charge in [-0.3, -0.25) is 9.59 Å². The maximum atomic E-state index is 13.0. The molecule has 0 bridgehead atoms. The molecule has 1 saturated heterocycles. The Bertz CT molecular complexity index is 705. The Hall–Kier alpha value is -2.04. The Kier molecular flexibility index (Phi) is 4.41. The molecule has 1 heterocycles. The van der Waals surface area contributed by atoms with Gasteiger partial charge in [-0.05, 0) is 62.1 Å². The van der Waals surface area contributed by atoms with Gasteiger partial charge in [0.05, 0.1) is 11.8 Å². The van der Waals surface area contributed by atoms with E-state index in [0.29, 0.717) is 19.5 Å². The fourth-order valence-electron chi connectivity index (χ4n) is 4.80. The lowest BCUT2D eigenvalue weighted by molar-refractivity contribution is -0.153. The van der Waals surface area contributed by atoms with Crippen LogP contribution in [0, 0.1) is 24.2 Å². The van der Waals surface area contributed by atoms with E-state index in [1.54, 1.807) is 0 Å². The number of benzene rings is 1. The van der Waals surface area contributed by atoms with E-state index in [2.05, 4.69) is 36.1 Å². The number of amides is 1. The minimum absolute atomic E-state index is 0.0665. The zero-order valence-electron chi connectivity index (χ0n) is 15.5. The molecule has 1 aliphatic heterocycles. The van der Waals surface area contributed by atoms with Crippen molar-refractivity contribution in [3.63, 3.8) is 0 Å². The molecule has 1 spiro atoms. The summed E-state index contributed by atoms with van der Waals surface area (Å²) in [5, 5.41) is 9.65. The first-order chi connectivity index (χ1) is 12.5. The summed E-state index contributed by atoms with van der Waals surface area (Å²) in [5.74, 6) is -1.54. The Morgan fingerprint density at radius 2 is 1.81 bits per heavy atom. The Labute approximate surface area is 155 Å². The monoisotopic (exact) mass is 356 g/mol. The van der Waals surface area contributed by atoms with Crippen molar-refractivity contribution in [3.8, 4) is 0 Å². The molecular formula is C21H28N2O3. The first-order valence-corrected chi connectivity index (χ1v) is 9.81. The van der Waals surface area contributed by atoms with Crippen LogP contribution in [0.15, 0.2) is 24.3 Å². The zero-order valence-corrected chi connectivity index (χ0v) is 15.5. The highest BCUT2D eigenvalue weighted by atomic mass is 16.4. The second kappa shape index (κ2) is 6.60. The maximum Gasteiger partial charge on any atom is 0.307 e. The number of hydrogen-bond donors (Lipinski definition) is 1. The van der Waals surface area contributed by atoms with Gasteiger partial charge in [-0.25, -0.2) is 0 Å². The number of anilines is 1. The van der Waals surface area contributed by atoms with Crippen molar-refractivity contribution in [2.45, 2.75) is 39.0 Å². The molecule has 2 atom stereocenters. The van der Waals surface area contributed by atoms with E-state index in [-0.39, 0.29) is 17.2 Å². The molecule has 1 amide bonds. The zero-order chi connectivity index (χ0) is 18.3. The predicted molar refractivity (Wildman–Crippen MR) is 100 cm³/mol. The molecule has 1 N–H and O–H groups in total. The van der Waals surface area contributed by atoms with Crippen molar-refractivity contribution in [2.24, 2.45) is 17.3 Å². The highest BCUT2D eigenvalue weighted by Crippen LogP contribution is 2.59. The number of nitrogens with zero attached hydrogens (tertiary/aromatic N) is 2. The van der Waals surface area contributed by atoms with Gasteiger partial charge in [-0.2, -0.15) is 0 Å². The lowest BCUT2D eigenvalue weighted by Crippen LogP contribution is -2.52.